The Labute approximate surface area is 138 Å². The number of hydrogen-bond donors (Lipinski definition) is 1. The van der Waals surface area contributed by atoms with Crippen molar-refractivity contribution in [1.82, 2.24) is 20.1 Å². The van der Waals surface area contributed by atoms with Gasteiger partial charge in [0.15, 0.2) is 0 Å². The summed E-state index contributed by atoms with van der Waals surface area (Å²) in [5.74, 6) is 1.15. The predicted molar refractivity (Wildman–Crippen MR) is 85.0 cm³/mol. The number of hydrogen-bond acceptors (Lipinski definition) is 3. The van der Waals surface area contributed by atoms with Crippen molar-refractivity contribution in [2.24, 2.45) is 13.0 Å². The van der Waals surface area contributed by atoms with Crippen LogP contribution in [0.3, 0.4) is 0 Å². The molecule has 1 aromatic heterocycles. The molecule has 1 heterocycles. The Bertz CT molecular complexity index is 680. The van der Waals surface area contributed by atoms with E-state index in [9.17, 15) is 4.79 Å². The van der Waals surface area contributed by atoms with Gasteiger partial charge in [0.05, 0.1) is 0 Å². The SMILES string of the molecule is Cn1cnnc1CCNC(=O)[C@@H]1C[C@H]1c1cc(Cl)cc(Cl)c1. The van der Waals surface area contributed by atoms with E-state index in [0.29, 0.717) is 23.0 Å². The molecule has 0 bridgehead atoms. The highest BCUT2D eigenvalue weighted by Gasteiger charge is 2.43. The fraction of sp³-hybridized carbons (Fsp3) is 0.400. The van der Waals surface area contributed by atoms with Crippen LogP contribution < -0.4 is 5.32 Å². The molecule has 1 aromatic carbocycles. The average Bonchev–Trinajstić information content (AvgIpc) is 3.16. The Hall–Kier alpha value is -1.59. The molecule has 0 aliphatic heterocycles. The molecule has 116 valence electrons. The van der Waals surface area contributed by atoms with Crippen LogP contribution in [0.4, 0.5) is 0 Å². The Balaban J connectivity index is 1.51. The molecule has 0 saturated heterocycles. The number of carbonyl (C=O) groups is 1. The summed E-state index contributed by atoms with van der Waals surface area (Å²) in [7, 11) is 1.89. The van der Waals surface area contributed by atoms with Crippen LogP contribution >= 0.6 is 23.2 Å². The fourth-order valence-corrected chi connectivity index (χ4v) is 3.15. The number of amides is 1. The molecule has 1 amide bonds. The van der Waals surface area contributed by atoms with Gasteiger partial charge < -0.3 is 9.88 Å². The van der Waals surface area contributed by atoms with Crippen LogP contribution in [-0.4, -0.2) is 27.2 Å². The summed E-state index contributed by atoms with van der Waals surface area (Å²) < 4.78 is 1.85. The smallest absolute Gasteiger partial charge is 0.223 e. The van der Waals surface area contributed by atoms with Crippen molar-refractivity contribution in [1.29, 1.82) is 0 Å². The Morgan fingerprint density at radius 2 is 2.09 bits per heavy atom. The number of benzene rings is 1. The lowest BCUT2D eigenvalue weighted by Crippen LogP contribution is -2.28. The van der Waals surface area contributed by atoms with E-state index in [1.807, 2.05) is 23.7 Å². The first-order valence-electron chi connectivity index (χ1n) is 7.11. The third-order valence-electron chi connectivity index (χ3n) is 3.89. The molecule has 0 radical (unpaired) electrons. The first-order valence-corrected chi connectivity index (χ1v) is 7.87. The number of nitrogens with zero attached hydrogens (tertiary/aromatic N) is 3. The normalized spacial score (nSPS) is 20.0. The topological polar surface area (TPSA) is 59.8 Å². The lowest BCUT2D eigenvalue weighted by atomic mass is 10.1. The maximum atomic E-state index is 12.2. The van der Waals surface area contributed by atoms with Gasteiger partial charge in [-0.05, 0) is 36.1 Å². The van der Waals surface area contributed by atoms with Gasteiger partial charge in [0.1, 0.15) is 12.2 Å². The van der Waals surface area contributed by atoms with Gasteiger partial charge in [-0.3, -0.25) is 4.79 Å². The second kappa shape index (κ2) is 6.26. The molecule has 22 heavy (non-hydrogen) atoms. The van der Waals surface area contributed by atoms with Crippen LogP contribution in [0.5, 0.6) is 0 Å². The van der Waals surface area contributed by atoms with Gasteiger partial charge in [0.2, 0.25) is 5.91 Å². The van der Waals surface area contributed by atoms with Crippen molar-refractivity contribution < 1.29 is 4.79 Å². The molecule has 7 heteroatoms. The average molecular weight is 339 g/mol. The fourth-order valence-electron chi connectivity index (χ4n) is 2.60. The van der Waals surface area contributed by atoms with Gasteiger partial charge in [0.25, 0.3) is 0 Å². The standard InChI is InChI=1S/C15H16Cl2N4O/c1-21-8-19-20-14(21)2-3-18-15(22)13-7-12(13)9-4-10(16)6-11(17)5-9/h4-6,8,12-13H,2-3,7H2,1H3,(H,18,22)/t12-,13+/m0/s1. The molecule has 2 atom stereocenters. The monoisotopic (exact) mass is 338 g/mol. The van der Waals surface area contributed by atoms with Gasteiger partial charge in [-0.2, -0.15) is 0 Å². The summed E-state index contributed by atoms with van der Waals surface area (Å²) in [4.78, 5) is 12.2. The number of nitrogens with one attached hydrogen (secondary N) is 1. The van der Waals surface area contributed by atoms with Crippen LogP contribution in [0.15, 0.2) is 24.5 Å². The van der Waals surface area contributed by atoms with Gasteiger partial charge in [0, 0.05) is 36.0 Å². The Morgan fingerprint density at radius 1 is 1.36 bits per heavy atom. The van der Waals surface area contributed by atoms with Gasteiger partial charge in [-0.15, -0.1) is 10.2 Å². The van der Waals surface area contributed by atoms with Crippen molar-refractivity contribution in [2.75, 3.05) is 6.54 Å². The van der Waals surface area contributed by atoms with Crippen LogP contribution in [0.25, 0.3) is 0 Å². The minimum atomic E-state index is 0.00836. The van der Waals surface area contributed by atoms with Crippen molar-refractivity contribution in [3.05, 3.63) is 46.0 Å². The van der Waals surface area contributed by atoms with Gasteiger partial charge >= 0.3 is 0 Å². The first-order chi connectivity index (χ1) is 10.5. The quantitative estimate of drug-likeness (QED) is 0.911. The Morgan fingerprint density at radius 3 is 2.73 bits per heavy atom. The largest absolute Gasteiger partial charge is 0.355 e. The van der Waals surface area contributed by atoms with E-state index in [1.165, 1.54) is 0 Å². The van der Waals surface area contributed by atoms with Gasteiger partial charge in [-0.1, -0.05) is 23.2 Å². The molecular formula is C15H16Cl2N4O. The number of aryl methyl sites for hydroxylation is 1. The molecule has 1 N–H and O–H groups in total. The lowest BCUT2D eigenvalue weighted by Gasteiger charge is -2.05. The van der Waals surface area contributed by atoms with Crippen molar-refractivity contribution in [3.63, 3.8) is 0 Å². The first kappa shape index (κ1) is 15.3. The molecule has 1 saturated carbocycles. The van der Waals surface area contributed by atoms with E-state index in [2.05, 4.69) is 15.5 Å². The molecule has 0 unspecified atom stereocenters. The third kappa shape index (κ3) is 3.42. The Kier molecular flexibility index (Phi) is 4.36. The second-order valence-electron chi connectivity index (χ2n) is 5.55. The number of carbonyl (C=O) groups excluding carboxylic acids is 1. The highest BCUT2D eigenvalue weighted by molar-refractivity contribution is 6.34. The van der Waals surface area contributed by atoms with E-state index in [-0.39, 0.29) is 17.7 Å². The molecule has 0 spiro atoms. The van der Waals surface area contributed by atoms with Crippen LogP contribution in [0, 0.1) is 5.92 Å². The summed E-state index contributed by atoms with van der Waals surface area (Å²) in [5, 5.41) is 12.0. The van der Waals surface area contributed by atoms with E-state index in [1.54, 1.807) is 12.4 Å². The number of halogens is 2. The van der Waals surface area contributed by atoms with Gasteiger partial charge in [-0.25, -0.2) is 0 Å². The zero-order chi connectivity index (χ0) is 15.7. The predicted octanol–water partition coefficient (Wildman–Crippen LogP) is 2.58. The highest BCUT2D eigenvalue weighted by Crippen LogP contribution is 2.48. The highest BCUT2D eigenvalue weighted by atomic mass is 35.5. The number of rotatable bonds is 5. The molecule has 1 aliphatic carbocycles. The number of aromatic nitrogens is 3. The summed E-state index contributed by atoms with van der Waals surface area (Å²) in [6, 6.07) is 5.46. The minimum absolute atomic E-state index is 0.00836. The lowest BCUT2D eigenvalue weighted by molar-refractivity contribution is -0.122. The summed E-state index contributed by atoms with van der Waals surface area (Å²) >= 11 is 12.0. The summed E-state index contributed by atoms with van der Waals surface area (Å²) in [5.41, 5.74) is 1.03. The van der Waals surface area contributed by atoms with Crippen LogP contribution in [-0.2, 0) is 18.3 Å². The van der Waals surface area contributed by atoms with E-state index in [4.69, 9.17) is 23.2 Å². The van der Waals surface area contributed by atoms with Crippen molar-refractivity contribution in [3.8, 4) is 0 Å². The maximum absolute atomic E-state index is 12.2. The molecule has 2 aromatic rings. The molecule has 3 rings (SSSR count). The van der Waals surface area contributed by atoms with Crippen LogP contribution in [0.1, 0.15) is 23.7 Å². The van der Waals surface area contributed by atoms with Crippen molar-refractivity contribution >= 4 is 29.1 Å². The zero-order valence-corrected chi connectivity index (χ0v) is 13.6. The minimum Gasteiger partial charge on any atom is -0.355 e. The van der Waals surface area contributed by atoms with Crippen LogP contribution in [0.2, 0.25) is 10.0 Å². The maximum Gasteiger partial charge on any atom is 0.223 e. The molecule has 5 nitrogen and oxygen atoms in total. The van der Waals surface area contributed by atoms with Crippen molar-refractivity contribution in [2.45, 2.75) is 18.8 Å². The van der Waals surface area contributed by atoms with E-state index < -0.39 is 0 Å². The summed E-state index contributed by atoms with van der Waals surface area (Å²) in [6.45, 7) is 0.560. The van der Waals surface area contributed by atoms with E-state index >= 15 is 0 Å². The summed E-state index contributed by atoms with van der Waals surface area (Å²) in [6.07, 6.45) is 3.16. The molecule has 1 fully saturated rings. The van der Waals surface area contributed by atoms with E-state index in [0.717, 1.165) is 17.8 Å². The zero-order valence-electron chi connectivity index (χ0n) is 12.1. The second-order valence-corrected chi connectivity index (χ2v) is 6.42. The third-order valence-corrected chi connectivity index (χ3v) is 4.33. The molecular weight excluding hydrogens is 323 g/mol. The molecule has 1 aliphatic rings.